The molecule has 8 nitrogen and oxygen atoms in total. The molecule has 0 radical (unpaired) electrons. The topological polar surface area (TPSA) is 102 Å². The van der Waals surface area contributed by atoms with Crippen LogP contribution in [-0.4, -0.2) is 26.6 Å². The first-order chi connectivity index (χ1) is 11.5. The Kier molecular flexibility index (Phi) is 4.43. The number of carbonyl (C=O) groups excluding carboxylic acids is 2. The standard InChI is InChI=1S/C15H15N5O3S/c1-9-6-10(2)20(19-9)7-13(21)17-18-14(22)11-8-24-15(16-11)12-4-3-5-23-12/h3-6,8H,7H2,1-2H3,(H,17,21)(H,18,22). The fraction of sp³-hybridized carbons (Fsp3) is 0.200. The molecule has 3 rings (SSSR count). The summed E-state index contributed by atoms with van der Waals surface area (Å²) in [6.07, 6.45) is 1.54. The molecule has 0 bridgehead atoms. The first-order valence-electron chi connectivity index (χ1n) is 7.12. The number of amides is 2. The minimum Gasteiger partial charge on any atom is -0.462 e. The second kappa shape index (κ2) is 6.67. The van der Waals surface area contributed by atoms with Crippen LogP contribution < -0.4 is 10.9 Å². The van der Waals surface area contributed by atoms with Gasteiger partial charge in [-0.3, -0.25) is 25.1 Å². The summed E-state index contributed by atoms with van der Waals surface area (Å²) in [5, 5.41) is 6.38. The number of nitrogens with one attached hydrogen (secondary N) is 2. The Morgan fingerprint density at radius 1 is 1.33 bits per heavy atom. The third-order valence-corrected chi connectivity index (χ3v) is 4.04. The van der Waals surface area contributed by atoms with Crippen LogP contribution in [0.4, 0.5) is 0 Å². The van der Waals surface area contributed by atoms with Gasteiger partial charge in [-0.25, -0.2) is 4.98 Å². The first kappa shape index (κ1) is 15.9. The summed E-state index contributed by atoms with van der Waals surface area (Å²) in [6, 6.07) is 5.38. The highest BCUT2D eigenvalue weighted by Gasteiger charge is 2.14. The van der Waals surface area contributed by atoms with Crippen molar-refractivity contribution in [2.24, 2.45) is 0 Å². The predicted octanol–water partition coefficient (Wildman–Crippen LogP) is 1.68. The number of furan rings is 1. The number of aryl methyl sites for hydroxylation is 2. The number of rotatable bonds is 4. The van der Waals surface area contributed by atoms with Crippen LogP contribution in [-0.2, 0) is 11.3 Å². The summed E-state index contributed by atoms with van der Waals surface area (Å²) in [7, 11) is 0. The number of nitrogens with zero attached hydrogens (tertiary/aromatic N) is 3. The summed E-state index contributed by atoms with van der Waals surface area (Å²) in [4.78, 5) is 28.1. The maximum absolute atomic E-state index is 12.0. The van der Waals surface area contributed by atoms with E-state index in [-0.39, 0.29) is 18.1 Å². The van der Waals surface area contributed by atoms with Crippen molar-refractivity contribution in [1.82, 2.24) is 25.6 Å². The minimum absolute atomic E-state index is 0.0225. The van der Waals surface area contributed by atoms with Gasteiger partial charge in [-0.2, -0.15) is 5.10 Å². The number of carbonyl (C=O) groups is 2. The van der Waals surface area contributed by atoms with Gasteiger partial charge in [-0.05, 0) is 32.0 Å². The van der Waals surface area contributed by atoms with Crippen LogP contribution in [0.2, 0.25) is 0 Å². The lowest BCUT2D eigenvalue weighted by atomic mass is 10.4. The van der Waals surface area contributed by atoms with E-state index in [1.54, 1.807) is 22.2 Å². The van der Waals surface area contributed by atoms with Crippen molar-refractivity contribution < 1.29 is 14.0 Å². The van der Waals surface area contributed by atoms with Crippen molar-refractivity contribution in [3.05, 3.63) is 46.9 Å². The van der Waals surface area contributed by atoms with E-state index in [0.717, 1.165) is 11.4 Å². The summed E-state index contributed by atoms with van der Waals surface area (Å²) in [6.45, 7) is 3.73. The molecular weight excluding hydrogens is 330 g/mol. The molecule has 9 heteroatoms. The van der Waals surface area contributed by atoms with Crippen LogP contribution in [0.15, 0.2) is 34.3 Å². The molecule has 124 valence electrons. The van der Waals surface area contributed by atoms with Crippen molar-refractivity contribution in [2.75, 3.05) is 0 Å². The number of aromatic nitrogens is 3. The number of hydrogen-bond acceptors (Lipinski definition) is 6. The van der Waals surface area contributed by atoms with E-state index in [0.29, 0.717) is 10.8 Å². The molecule has 0 aromatic carbocycles. The van der Waals surface area contributed by atoms with Crippen molar-refractivity contribution >= 4 is 23.2 Å². The average Bonchev–Trinajstić information content (AvgIpc) is 3.26. The van der Waals surface area contributed by atoms with Crippen LogP contribution in [0.3, 0.4) is 0 Å². The van der Waals surface area contributed by atoms with Crippen LogP contribution in [0.1, 0.15) is 21.9 Å². The first-order valence-corrected chi connectivity index (χ1v) is 8.00. The van der Waals surface area contributed by atoms with E-state index >= 15 is 0 Å². The Bertz CT molecular complexity index is 866. The molecule has 0 atom stereocenters. The summed E-state index contributed by atoms with van der Waals surface area (Å²) >= 11 is 1.28. The quantitative estimate of drug-likeness (QED) is 0.701. The Labute approximate surface area is 141 Å². The molecule has 24 heavy (non-hydrogen) atoms. The average molecular weight is 345 g/mol. The molecule has 3 aromatic heterocycles. The van der Waals surface area contributed by atoms with Gasteiger partial charge in [0.25, 0.3) is 11.8 Å². The van der Waals surface area contributed by atoms with Gasteiger partial charge < -0.3 is 4.42 Å². The molecule has 3 heterocycles. The van der Waals surface area contributed by atoms with Gasteiger partial charge >= 0.3 is 0 Å². The minimum atomic E-state index is -0.495. The third kappa shape index (κ3) is 3.51. The van der Waals surface area contributed by atoms with Crippen molar-refractivity contribution in [3.8, 4) is 10.8 Å². The second-order valence-corrected chi connectivity index (χ2v) is 5.96. The Morgan fingerprint density at radius 2 is 2.17 bits per heavy atom. The highest BCUT2D eigenvalue weighted by Crippen LogP contribution is 2.23. The van der Waals surface area contributed by atoms with Crippen LogP contribution in [0.25, 0.3) is 10.8 Å². The molecule has 2 amide bonds. The lowest BCUT2D eigenvalue weighted by Crippen LogP contribution is -2.43. The van der Waals surface area contributed by atoms with Crippen LogP contribution in [0, 0.1) is 13.8 Å². The van der Waals surface area contributed by atoms with Gasteiger partial charge in [0.15, 0.2) is 10.8 Å². The third-order valence-electron chi connectivity index (χ3n) is 3.18. The zero-order chi connectivity index (χ0) is 17.1. The molecule has 0 spiro atoms. The smallest absolute Gasteiger partial charge is 0.289 e. The van der Waals surface area contributed by atoms with Gasteiger partial charge in [0.05, 0.1) is 12.0 Å². The van der Waals surface area contributed by atoms with Gasteiger partial charge in [0, 0.05) is 11.1 Å². The predicted molar refractivity (Wildman–Crippen MR) is 87.1 cm³/mol. The van der Waals surface area contributed by atoms with Gasteiger partial charge in [0.2, 0.25) is 0 Å². The van der Waals surface area contributed by atoms with Crippen molar-refractivity contribution in [2.45, 2.75) is 20.4 Å². The van der Waals surface area contributed by atoms with Crippen molar-refractivity contribution in [1.29, 1.82) is 0 Å². The summed E-state index contributed by atoms with van der Waals surface area (Å²) < 4.78 is 6.79. The molecule has 0 aliphatic heterocycles. The molecular formula is C15H15N5O3S. The molecule has 0 saturated heterocycles. The summed E-state index contributed by atoms with van der Waals surface area (Å²) in [5.74, 6) is -0.283. The molecule has 0 aliphatic rings. The normalized spacial score (nSPS) is 10.6. The van der Waals surface area contributed by atoms with Gasteiger partial charge in [0.1, 0.15) is 12.2 Å². The SMILES string of the molecule is Cc1cc(C)n(CC(=O)NNC(=O)c2csc(-c3ccco3)n2)n1. The second-order valence-electron chi connectivity index (χ2n) is 5.10. The van der Waals surface area contributed by atoms with E-state index in [4.69, 9.17) is 4.42 Å². The Balaban J connectivity index is 1.55. The van der Waals surface area contributed by atoms with E-state index in [9.17, 15) is 9.59 Å². The number of hydrogen-bond donors (Lipinski definition) is 2. The van der Waals surface area contributed by atoms with E-state index < -0.39 is 5.91 Å². The fourth-order valence-corrected chi connectivity index (χ4v) is 2.86. The van der Waals surface area contributed by atoms with Gasteiger partial charge in [-0.15, -0.1) is 11.3 Å². The lowest BCUT2D eigenvalue weighted by molar-refractivity contribution is -0.122. The van der Waals surface area contributed by atoms with Gasteiger partial charge in [-0.1, -0.05) is 0 Å². The molecule has 0 aliphatic carbocycles. The molecule has 3 aromatic rings. The molecule has 0 fully saturated rings. The zero-order valence-electron chi connectivity index (χ0n) is 13.1. The lowest BCUT2D eigenvalue weighted by Gasteiger charge is -2.07. The van der Waals surface area contributed by atoms with Crippen LogP contribution >= 0.6 is 11.3 Å². The fourth-order valence-electron chi connectivity index (χ4n) is 2.09. The van der Waals surface area contributed by atoms with Crippen molar-refractivity contribution in [3.63, 3.8) is 0 Å². The summed E-state index contributed by atoms with van der Waals surface area (Å²) in [5.41, 5.74) is 6.60. The van der Waals surface area contributed by atoms with E-state index in [1.165, 1.54) is 17.6 Å². The largest absolute Gasteiger partial charge is 0.462 e. The molecule has 2 N–H and O–H groups in total. The van der Waals surface area contributed by atoms with E-state index in [1.807, 2.05) is 19.9 Å². The highest BCUT2D eigenvalue weighted by molar-refractivity contribution is 7.13. The Hall–Kier alpha value is -2.94. The number of hydrazine groups is 1. The maximum atomic E-state index is 12.0. The highest BCUT2D eigenvalue weighted by atomic mass is 32.1. The maximum Gasteiger partial charge on any atom is 0.289 e. The Morgan fingerprint density at radius 3 is 2.83 bits per heavy atom. The molecule has 0 unspecified atom stereocenters. The zero-order valence-corrected chi connectivity index (χ0v) is 13.9. The molecule has 0 saturated carbocycles. The monoisotopic (exact) mass is 345 g/mol. The van der Waals surface area contributed by atoms with E-state index in [2.05, 4.69) is 20.9 Å². The van der Waals surface area contributed by atoms with Crippen LogP contribution in [0.5, 0.6) is 0 Å². The number of thiazole rings is 1.